The summed E-state index contributed by atoms with van der Waals surface area (Å²) in [5, 5.41) is 9.77. The van der Waals surface area contributed by atoms with E-state index in [2.05, 4.69) is 53.7 Å². The highest BCUT2D eigenvalue weighted by Gasteiger charge is 2.09. The van der Waals surface area contributed by atoms with Gasteiger partial charge >= 0.3 is 0 Å². The molecule has 1 unspecified atom stereocenters. The Morgan fingerprint density at radius 2 is 2.10 bits per heavy atom. The summed E-state index contributed by atoms with van der Waals surface area (Å²) >= 11 is 1.65. The monoisotopic (exact) mass is 297 g/mol. The number of hydrogen-bond acceptors (Lipinski definition) is 4. The van der Waals surface area contributed by atoms with E-state index in [1.54, 1.807) is 11.3 Å². The highest BCUT2D eigenvalue weighted by Crippen LogP contribution is 2.18. The second-order valence-corrected chi connectivity index (χ2v) is 6.22. The first-order chi connectivity index (χ1) is 9.43. The van der Waals surface area contributed by atoms with Gasteiger partial charge in [0, 0.05) is 32.1 Å². The fourth-order valence-electron chi connectivity index (χ4n) is 1.44. The molecule has 0 saturated carbocycles. The number of nitrogens with zero attached hydrogens (tertiary/aromatic N) is 3. The van der Waals surface area contributed by atoms with Crippen molar-refractivity contribution in [2.24, 2.45) is 10.9 Å². The van der Waals surface area contributed by atoms with Gasteiger partial charge in [0.1, 0.15) is 0 Å². The second kappa shape index (κ2) is 8.09. The smallest absolute Gasteiger partial charge is 0.191 e. The number of rotatable bonds is 6. The molecule has 20 heavy (non-hydrogen) atoms. The van der Waals surface area contributed by atoms with Gasteiger partial charge < -0.3 is 15.5 Å². The van der Waals surface area contributed by atoms with Crippen molar-refractivity contribution < 1.29 is 0 Å². The summed E-state index contributed by atoms with van der Waals surface area (Å²) in [5.74, 6) is 1.42. The van der Waals surface area contributed by atoms with Crippen LogP contribution in [0.5, 0.6) is 0 Å². The molecule has 6 heteroatoms. The molecule has 0 spiro atoms. The Kier molecular flexibility index (Phi) is 6.78. The molecular weight excluding hydrogens is 270 g/mol. The van der Waals surface area contributed by atoms with Crippen molar-refractivity contribution in [3.8, 4) is 0 Å². The molecule has 0 aromatic carbocycles. The van der Waals surface area contributed by atoms with E-state index in [-0.39, 0.29) is 0 Å². The zero-order chi connectivity index (χ0) is 15.1. The summed E-state index contributed by atoms with van der Waals surface area (Å²) in [6.45, 7) is 10.1. The van der Waals surface area contributed by atoms with Crippen molar-refractivity contribution in [1.29, 1.82) is 0 Å². The maximum Gasteiger partial charge on any atom is 0.191 e. The summed E-state index contributed by atoms with van der Waals surface area (Å²) in [7, 11) is 4.00. The Morgan fingerprint density at radius 1 is 1.40 bits per heavy atom. The summed E-state index contributed by atoms with van der Waals surface area (Å²) in [6, 6.07) is 0.389. The number of anilines is 1. The lowest BCUT2D eigenvalue weighted by Crippen LogP contribution is -2.44. The number of aromatic nitrogens is 1. The summed E-state index contributed by atoms with van der Waals surface area (Å²) in [6.07, 6.45) is 0. The Morgan fingerprint density at radius 3 is 2.60 bits per heavy atom. The van der Waals surface area contributed by atoms with Crippen molar-refractivity contribution >= 4 is 22.4 Å². The van der Waals surface area contributed by atoms with E-state index in [4.69, 9.17) is 0 Å². The number of aliphatic imine (C=N–C) groups is 1. The highest BCUT2D eigenvalue weighted by molar-refractivity contribution is 7.13. The van der Waals surface area contributed by atoms with Gasteiger partial charge in [-0.3, -0.25) is 0 Å². The fraction of sp³-hybridized carbons (Fsp3) is 0.714. The van der Waals surface area contributed by atoms with E-state index >= 15 is 0 Å². The summed E-state index contributed by atoms with van der Waals surface area (Å²) < 4.78 is 0. The molecule has 0 fully saturated rings. The van der Waals surface area contributed by atoms with Crippen LogP contribution in [0.15, 0.2) is 10.4 Å². The summed E-state index contributed by atoms with van der Waals surface area (Å²) in [5.41, 5.74) is 1.01. The molecule has 1 atom stereocenters. The molecule has 0 bridgehead atoms. The number of thiazole rings is 1. The first-order valence-electron chi connectivity index (χ1n) is 7.10. The molecule has 0 radical (unpaired) electrons. The van der Waals surface area contributed by atoms with E-state index in [0.717, 1.165) is 23.3 Å². The molecule has 0 aliphatic heterocycles. The topological polar surface area (TPSA) is 52.6 Å². The molecule has 1 aromatic heterocycles. The van der Waals surface area contributed by atoms with Crippen LogP contribution in [0.4, 0.5) is 5.13 Å². The predicted octanol–water partition coefficient (Wildman–Crippen LogP) is 2.31. The van der Waals surface area contributed by atoms with Crippen LogP contribution in [-0.4, -0.2) is 37.6 Å². The molecule has 114 valence electrons. The molecule has 1 aromatic rings. The SMILES string of the molecule is CCNC(=NCc1csc(N(C)C)n1)NC(C)C(C)C. The molecule has 5 nitrogen and oxygen atoms in total. The van der Waals surface area contributed by atoms with E-state index in [9.17, 15) is 0 Å². The lowest BCUT2D eigenvalue weighted by Gasteiger charge is -2.20. The minimum atomic E-state index is 0.389. The van der Waals surface area contributed by atoms with Crippen molar-refractivity contribution in [2.75, 3.05) is 25.5 Å². The van der Waals surface area contributed by atoms with E-state index in [0.29, 0.717) is 18.5 Å². The van der Waals surface area contributed by atoms with Crippen molar-refractivity contribution in [3.63, 3.8) is 0 Å². The van der Waals surface area contributed by atoms with Gasteiger partial charge in [0.15, 0.2) is 11.1 Å². The molecular formula is C14H27N5S. The largest absolute Gasteiger partial charge is 0.357 e. The lowest BCUT2D eigenvalue weighted by atomic mass is 10.1. The van der Waals surface area contributed by atoms with Crippen LogP contribution in [0.25, 0.3) is 0 Å². The van der Waals surface area contributed by atoms with Gasteiger partial charge in [-0.1, -0.05) is 13.8 Å². The predicted molar refractivity (Wildman–Crippen MR) is 88.7 cm³/mol. The van der Waals surface area contributed by atoms with Gasteiger partial charge in [0.2, 0.25) is 0 Å². The maximum absolute atomic E-state index is 4.60. The molecule has 1 rings (SSSR count). The Balaban J connectivity index is 2.65. The van der Waals surface area contributed by atoms with E-state index in [1.165, 1.54) is 0 Å². The first kappa shape index (κ1) is 16.8. The van der Waals surface area contributed by atoms with Gasteiger partial charge in [-0.15, -0.1) is 11.3 Å². The highest BCUT2D eigenvalue weighted by atomic mass is 32.1. The first-order valence-corrected chi connectivity index (χ1v) is 7.98. The Bertz CT molecular complexity index is 425. The minimum absolute atomic E-state index is 0.389. The van der Waals surface area contributed by atoms with Gasteiger partial charge in [-0.2, -0.15) is 0 Å². The third-order valence-electron chi connectivity index (χ3n) is 3.03. The minimum Gasteiger partial charge on any atom is -0.357 e. The van der Waals surface area contributed by atoms with Crippen molar-refractivity contribution in [1.82, 2.24) is 15.6 Å². The quantitative estimate of drug-likeness (QED) is 0.625. The standard InChI is InChI=1S/C14H27N5S/c1-7-15-13(17-11(4)10(2)3)16-8-12-9-20-14(18-12)19(5)6/h9-11H,7-8H2,1-6H3,(H2,15,16,17). The van der Waals surface area contributed by atoms with E-state index < -0.39 is 0 Å². The average Bonchev–Trinajstić information content (AvgIpc) is 2.85. The molecule has 0 aliphatic carbocycles. The van der Waals surface area contributed by atoms with Gasteiger partial charge in [0.05, 0.1) is 12.2 Å². The van der Waals surface area contributed by atoms with Crippen LogP contribution < -0.4 is 15.5 Å². The molecule has 0 saturated heterocycles. The molecule has 0 amide bonds. The van der Waals surface area contributed by atoms with Crippen LogP contribution in [0.1, 0.15) is 33.4 Å². The Hall–Kier alpha value is -1.30. The number of guanidine groups is 1. The lowest BCUT2D eigenvalue weighted by molar-refractivity contribution is 0.481. The molecule has 0 aliphatic rings. The van der Waals surface area contributed by atoms with Crippen LogP contribution in [0.3, 0.4) is 0 Å². The number of hydrogen-bond donors (Lipinski definition) is 2. The second-order valence-electron chi connectivity index (χ2n) is 5.39. The van der Waals surface area contributed by atoms with Crippen LogP contribution in [0, 0.1) is 5.92 Å². The zero-order valence-corrected chi connectivity index (χ0v) is 14.2. The van der Waals surface area contributed by atoms with Crippen LogP contribution >= 0.6 is 11.3 Å². The van der Waals surface area contributed by atoms with Crippen LogP contribution in [0.2, 0.25) is 0 Å². The maximum atomic E-state index is 4.60. The molecule has 2 N–H and O–H groups in total. The van der Waals surface area contributed by atoms with Gasteiger partial charge in [0.25, 0.3) is 0 Å². The normalized spacial score (nSPS) is 13.4. The van der Waals surface area contributed by atoms with Gasteiger partial charge in [-0.25, -0.2) is 9.98 Å². The number of nitrogens with one attached hydrogen (secondary N) is 2. The van der Waals surface area contributed by atoms with E-state index in [1.807, 2.05) is 19.0 Å². The van der Waals surface area contributed by atoms with Crippen molar-refractivity contribution in [3.05, 3.63) is 11.1 Å². The average molecular weight is 297 g/mol. The third kappa shape index (κ3) is 5.36. The van der Waals surface area contributed by atoms with Crippen molar-refractivity contribution in [2.45, 2.75) is 40.3 Å². The molecule has 1 heterocycles. The zero-order valence-electron chi connectivity index (χ0n) is 13.4. The third-order valence-corrected chi connectivity index (χ3v) is 4.09. The van der Waals surface area contributed by atoms with Gasteiger partial charge in [-0.05, 0) is 19.8 Å². The Labute approximate surface area is 126 Å². The summed E-state index contributed by atoms with van der Waals surface area (Å²) in [4.78, 5) is 11.2. The van der Waals surface area contributed by atoms with Crippen LogP contribution in [-0.2, 0) is 6.54 Å². The fourth-order valence-corrected chi connectivity index (χ4v) is 2.19.